The van der Waals surface area contributed by atoms with Gasteiger partial charge >= 0.3 is 0 Å². The van der Waals surface area contributed by atoms with E-state index < -0.39 is 11.9 Å². The molecule has 1 unspecified atom stereocenters. The van der Waals surface area contributed by atoms with Crippen LogP contribution in [0.1, 0.15) is 30.2 Å². The molecule has 0 aliphatic carbocycles. The largest absolute Gasteiger partial charge is 0.444 e. The van der Waals surface area contributed by atoms with Crippen molar-refractivity contribution in [3.63, 3.8) is 0 Å². The molecule has 0 saturated carbocycles. The van der Waals surface area contributed by atoms with Crippen LogP contribution in [0.15, 0.2) is 34.9 Å². The summed E-state index contributed by atoms with van der Waals surface area (Å²) in [6.45, 7) is 2.63. The molecule has 1 aromatic heterocycles. The normalized spacial score (nSPS) is 12.6. The predicted molar refractivity (Wildman–Crippen MR) is 68.9 cm³/mol. The molecule has 2 N–H and O–H groups in total. The van der Waals surface area contributed by atoms with Gasteiger partial charge in [-0.1, -0.05) is 25.1 Å². The van der Waals surface area contributed by atoms with E-state index in [1.54, 1.807) is 24.4 Å². The van der Waals surface area contributed by atoms with Crippen molar-refractivity contribution < 1.29 is 13.9 Å². The molecule has 2 aromatic rings. The Hall–Kier alpha value is -1.72. The standard InChI is InChI=1S/C14H17FN2O2/c1-2-10-7-17-14(19-10)9-16-8-13(18)11-5-3-4-6-12(11)15/h3-7,13,16,18H,2,8-9H2,1H3. The van der Waals surface area contributed by atoms with Crippen LogP contribution in [-0.4, -0.2) is 16.6 Å². The summed E-state index contributed by atoms with van der Waals surface area (Å²) in [6.07, 6.45) is 1.59. The summed E-state index contributed by atoms with van der Waals surface area (Å²) in [5.41, 5.74) is 0.289. The van der Waals surface area contributed by atoms with Crippen molar-refractivity contribution >= 4 is 0 Å². The first-order valence-electron chi connectivity index (χ1n) is 6.27. The maximum atomic E-state index is 13.4. The predicted octanol–water partition coefficient (Wildman–Crippen LogP) is 2.20. The number of rotatable bonds is 6. The molecule has 0 amide bonds. The van der Waals surface area contributed by atoms with Gasteiger partial charge < -0.3 is 14.8 Å². The number of hydrogen-bond donors (Lipinski definition) is 2. The minimum atomic E-state index is -0.887. The molecule has 0 radical (unpaired) electrons. The van der Waals surface area contributed by atoms with Crippen LogP contribution in [-0.2, 0) is 13.0 Å². The molecule has 0 saturated heterocycles. The van der Waals surface area contributed by atoms with Gasteiger partial charge in [-0.15, -0.1) is 0 Å². The minimum Gasteiger partial charge on any atom is -0.444 e. The van der Waals surface area contributed by atoms with E-state index in [0.717, 1.165) is 12.2 Å². The van der Waals surface area contributed by atoms with E-state index in [-0.39, 0.29) is 12.1 Å². The first kappa shape index (κ1) is 13.7. The molecule has 4 nitrogen and oxygen atoms in total. The third-order valence-corrected chi connectivity index (χ3v) is 2.83. The second kappa shape index (κ2) is 6.45. The maximum Gasteiger partial charge on any atom is 0.208 e. The van der Waals surface area contributed by atoms with Crippen molar-refractivity contribution in [1.82, 2.24) is 10.3 Å². The molecule has 0 spiro atoms. The number of hydrogen-bond acceptors (Lipinski definition) is 4. The van der Waals surface area contributed by atoms with Crippen LogP contribution in [0.2, 0.25) is 0 Å². The van der Waals surface area contributed by atoms with Gasteiger partial charge in [-0.3, -0.25) is 0 Å². The summed E-state index contributed by atoms with van der Waals surface area (Å²) in [4.78, 5) is 4.09. The Morgan fingerprint density at radius 1 is 1.42 bits per heavy atom. The zero-order valence-corrected chi connectivity index (χ0v) is 10.8. The highest BCUT2D eigenvalue weighted by molar-refractivity contribution is 5.19. The van der Waals surface area contributed by atoms with E-state index in [9.17, 15) is 9.50 Å². The summed E-state index contributed by atoms with van der Waals surface area (Å²) in [7, 11) is 0. The Morgan fingerprint density at radius 3 is 2.89 bits per heavy atom. The van der Waals surface area contributed by atoms with Gasteiger partial charge in [0.2, 0.25) is 5.89 Å². The van der Waals surface area contributed by atoms with Gasteiger partial charge in [-0.2, -0.15) is 0 Å². The lowest BCUT2D eigenvalue weighted by Crippen LogP contribution is -2.21. The Bertz CT molecular complexity index is 528. The first-order chi connectivity index (χ1) is 9.20. The van der Waals surface area contributed by atoms with E-state index in [2.05, 4.69) is 10.3 Å². The first-order valence-corrected chi connectivity index (χ1v) is 6.27. The van der Waals surface area contributed by atoms with Gasteiger partial charge in [0.05, 0.1) is 18.8 Å². The molecule has 0 fully saturated rings. The lowest BCUT2D eigenvalue weighted by Gasteiger charge is -2.12. The molecule has 2 rings (SSSR count). The van der Waals surface area contributed by atoms with Gasteiger partial charge in [0.25, 0.3) is 0 Å². The van der Waals surface area contributed by atoms with Crippen molar-refractivity contribution in [3.05, 3.63) is 53.5 Å². The van der Waals surface area contributed by atoms with Gasteiger partial charge in [0.15, 0.2) is 0 Å². The van der Waals surface area contributed by atoms with Crippen molar-refractivity contribution in [2.75, 3.05) is 6.54 Å². The summed E-state index contributed by atoms with van der Waals surface area (Å²) in [5.74, 6) is 0.991. The van der Waals surface area contributed by atoms with E-state index in [0.29, 0.717) is 12.4 Å². The van der Waals surface area contributed by atoms with Crippen molar-refractivity contribution in [1.29, 1.82) is 0 Å². The number of oxazole rings is 1. The van der Waals surface area contributed by atoms with Crippen LogP contribution in [0.25, 0.3) is 0 Å². The average molecular weight is 264 g/mol. The van der Waals surface area contributed by atoms with Gasteiger partial charge in [0.1, 0.15) is 11.6 Å². The second-order valence-electron chi connectivity index (χ2n) is 4.24. The molecular weight excluding hydrogens is 247 g/mol. The lowest BCUT2D eigenvalue weighted by molar-refractivity contribution is 0.168. The van der Waals surface area contributed by atoms with Gasteiger partial charge in [-0.25, -0.2) is 9.37 Å². The monoisotopic (exact) mass is 264 g/mol. The molecule has 0 aliphatic heterocycles. The zero-order valence-electron chi connectivity index (χ0n) is 10.8. The molecule has 1 heterocycles. The molecule has 0 aliphatic rings. The summed E-state index contributed by atoms with van der Waals surface area (Å²) in [6, 6.07) is 6.20. The average Bonchev–Trinajstić information content (AvgIpc) is 2.87. The molecule has 102 valence electrons. The highest BCUT2D eigenvalue weighted by Crippen LogP contribution is 2.15. The second-order valence-corrected chi connectivity index (χ2v) is 4.24. The highest BCUT2D eigenvalue weighted by Gasteiger charge is 2.12. The number of nitrogens with one attached hydrogen (secondary N) is 1. The lowest BCUT2D eigenvalue weighted by atomic mass is 10.1. The number of aliphatic hydroxyl groups is 1. The van der Waals surface area contributed by atoms with Crippen LogP contribution in [0.3, 0.4) is 0 Å². The fourth-order valence-corrected chi connectivity index (χ4v) is 1.76. The van der Waals surface area contributed by atoms with Crippen LogP contribution in [0.4, 0.5) is 4.39 Å². The topological polar surface area (TPSA) is 58.3 Å². The SMILES string of the molecule is CCc1cnc(CNCC(O)c2ccccc2F)o1. The van der Waals surface area contributed by atoms with Crippen LogP contribution in [0, 0.1) is 5.82 Å². The van der Waals surface area contributed by atoms with Gasteiger partial charge in [0, 0.05) is 18.5 Å². The zero-order chi connectivity index (χ0) is 13.7. The van der Waals surface area contributed by atoms with E-state index in [1.807, 2.05) is 6.92 Å². The Balaban J connectivity index is 1.84. The number of nitrogens with zero attached hydrogens (tertiary/aromatic N) is 1. The third-order valence-electron chi connectivity index (χ3n) is 2.83. The Morgan fingerprint density at radius 2 is 2.21 bits per heavy atom. The van der Waals surface area contributed by atoms with Crippen LogP contribution < -0.4 is 5.32 Å². The van der Waals surface area contributed by atoms with Crippen LogP contribution >= 0.6 is 0 Å². The molecule has 0 bridgehead atoms. The van der Waals surface area contributed by atoms with E-state index in [4.69, 9.17) is 4.42 Å². The van der Waals surface area contributed by atoms with Crippen molar-refractivity contribution in [2.45, 2.75) is 26.0 Å². The number of aromatic nitrogens is 1. The number of halogens is 1. The smallest absolute Gasteiger partial charge is 0.208 e. The third kappa shape index (κ3) is 3.62. The number of benzene rings is 1. The highest BCUT2D eigenvalue weighted by atomic mass is 19.1. The fourth-order valence-electron chi connectivity index (χ4n) is 1.76. The van der Waals surface area contributed by atoms with Crippen molar-refractivity contribution in [3.8, 4) is 0 Å². The fraction of sp³-hybridized carbons (Fsp3) is 0.357. The molecule has 1 atom stereocenters. The maximum absolute atomic E-state index is 13.4. The quantitative estimate of drug-likeness (QED) is 0.839. The van der Waals surface area contributed by atoms with Crippen LogP contribution in [0.5, 0.6) is 0 Å². The molecule has 1 aromatic carbocycles. The molecule has 5 heteroatoms. The Labute approximate surface area is 111 Å². The van der Waals surface area contributed by atoms with Gasteiger partial charge in [-0.05, 0) is 6.07 Å². The van der Waals surface area contributed by atoms with E-state index in [1.165, 1.54) is 6.07 Å². The molecule has 19 heavy (non-hydrogen) atoms. The summed E-state index contributed by atoms with van der Waals surface area (Å²) >= 11 is 0. The summed E-state index contributed by atoms with van der Waals surface area (Å²) < 4.78 is 18.8. The number of aryl methyl sites for hydroxylation is 1. The van der Waals surface area contributed by atoms with E-state index >= 15 is 0 Å². The summed E-state index contributed by atoms with van der Waals surface area (Å²) in [5, 5.41) is 12.9. The number of aliphatic hydroxyl groups excluding tert-OH is 1. The Kier molecular flexibility index (Phi) is 4.65. The molecular formula is C14H17FN2O2. The minimum absolute atomic E-state index is 0.241. The van der Waals surface area contributed by atoms with Crippen molar-refractivity contribution in [2.24, 2.45) is 0 Å².